The normalized spacial score (nSPS) is 12.8. The molecule has 1 aromatic rings. The largest absolute Gasteiger partial charge is 0.313 e. The monoisotopic (exact) mass is 347 g/mol. The molecule has 0 aliphatic carbocycles. The molecule has 1 atom stereocenters. The van der Waals surface area contributed by atoms with Crippen molar-refractivity contribution in [1.29, 1.82) is 0 Å². The van der Waals surface area contributed by atoms with E-state index in [1.54, 1.807) is 0 Å². The molecule has 0 amide bonds. The first-order chi connectivity index (χ1) is 7.69. The van der Waals surface area contributed by atoms with Gasteiger partial charge in [-0.05, 0) is 37.2 Å². The molecule has 0 aliphatic heterocycles. The molecule has 1 aromatic carbocycles. The maximum absolute atomic E-state index is 3.62. The summed E-state index contributed by atoms with van der Waals surface area (Å²) in [6.07, 6.45) is 5.06. The van der Waals surface area contributed by atoms with E-state index in [9.17, 15) is 0 Å². The molecule has 1 unspecified atom stereocenters. The number of hydrogen-bond acceptors (Lipinski definition) is 1. The maximum atomic E-state index is 3.62. The van der Waals surface area contributed by atoms with Gasteiger partial charge in [0, 0.05) is 15.0 Å². The van der Waals surface area contributed by atoms with Crippen LogP contribution in [0, 0.1) is 0 Å². The van der Waals surface area contributed by atoms with E-state index in [2.05, 4.69) is 62.3 Å². The lowest BCUT2D eigenvalue weighted by atomic mass is 10.0. The molecule has 0 aliphatic rings. The number of hydrogen-bond donors (Lipinski definition) is 1. The average Bonchev–Trinajstić information content (AvgIpc) is 2.28. The van der Waals surface area contributed by atoms with E-state index in [0.29, 0.717) is 6.04 Å². The highest BCUT2D eigenvalue weighted by molar-refractivity contribution is 9.11. The third kappa shape index (κ3) is 4.19. The second kappa shape index (κ2) is 7.46. The minimum absolute atomic E-state index is 0.443. The predicted molar refractivity (Wildman–Crippen MR) is 77.8 cm³/mol. The summed E-state index contributed by atoms with van der Waals surface area (Å²) in [4.78, 5) is 0. The van der Waals surface area contributed by atoms with Crippen molar-refractivity contribution >= 4 is 31.9 Å². The van der Waals surface area contributed by atoms with Gasteiger partial charge in [0.05, 0.1) is 0 Å². The van der Waals surface area contributed by atoms with Gasteiger partial charge in [-0.1, -0.05) is 58.0 Å². The Labute approximate surface area is 115 Å². The van der Waals surface area contributed by atoms with Gasteiger partial charge in [0.1, 0.15) is 0 Å². The third-order valence-electron chi connectivity index (χ3n) is 2.78. The van der Waals surface area contributed by atoms with E-state index >= 15 is 0 Å². The Hall–Kier alpha value is 0.140. The van der Waals surface area contributed by atoms with Crippen molar-refractivity contribution in [3.63, 3.8) is 0 Å². The number of benzene rings is 1. The zero-order valence-corrected chi connectivity index (χ0v) is 13.1. The summed E-state index contributed by atoms with van der Waals surface area (Å²) in [5.41, 5.74) is 1.34. The first-order valence-electron chi connectivity index (χ1n) is 5.81. The van der Waals surface area contributed by atoms with Crippen LogP contribution in [-0.4, -0.2) is 7.05 Å². The molecule has 0 aromatic heterocycles. The minimum Gasteiger partial charge on any atom is -0.313 e. The van der Waals surface area contributed by atoms with Gasteiger partial charge in [-0.25, -0.2) is 0 Å². The predicted octanol–water partition coefficient (Wildman–Crippen LogP) is 5.05. The second-order valence-corrected chi connectivity index (χ2v) is 5.77. The van der Waals surface area contributed by atoms with Crippen LogP contribution in [0.25, 0.3) is 0 Å². The van der Waals surface area contributed by atoms with E-state index in [1.807, 2.05) is 7.05 Å². The van der Waals surface area contributed by atoms with Gasteiger partial charge in [-0.15, -0.1) is 0 Å². The molecule has 90 valence electrons. The number of rotatable bonds is 6. The maximum Gasteiger partial charge on any atom is 0.0329 e. The molecule has 16 heavy (non-hydrogen) atoms. The fraction of sp³-hybridized carbons (Fsp3) is 0.538. The molecule has 0 heterocycles. The van der Waals surface area contributed by atoms with Crippen LogP contribution in [0.3, 0.4) is 0 Å². The Morgan fingerprint density at radius 3 is 2.62 bits per heavy atom. The molecule has 0 radical (unpaired) electrons. The van der Waals surface area contributed by atoms with Gasteiger partial charge in [0.25, 0.3) is 0 Å². The highest BCUT2D eigenvalue weighted by Crippen LogP contribution is 2.29. The van der Waals surface area contributed by atoms with Gasteiger partial charge in [0.2, 0.25) is 0 Å². The Bertz CT molecular complexity index is 326. The molecule has 3 heteroatoms. The third-order valence-corrected chi connectivity index (χ3v) is 3.99. The van der Waals surface area contributed by atoms with Crippen molar-refractivity contribution in [2.45, 2.75) is 38.6 Å². The van der Waals surface area contributed by atoms with Crippen molar-refractivity contribution in [2.75, 3.05) is 7.05 Å². The Balaban J connectivity index is 2.73. The number of unbranched alkanes of at least 4 members (excludes halogenated alkanes) is 2. The zero-order valence-electron chi connectivity index (χ0n) is 9.89. The SMILES string of the molecule is CCCCCC(NC)c1cc(Br)ccc1Br. The summed E-state index contributed by atoms with van der Waals surface area (Å²) in [7, 11) is 2.03. The fourth-order valence-corrected chi connectivity index (χ4v) is 2.74. The van der Waals surface area contributed by atoms with Crippen LogP contribution < -0.4 is 5.32 Å². The van der Waals surface area contributed by atoms with Crippen LogP contribution in [0.1, 0.15) is 44.2 Å². The summed E-state index contributed by atoms with van der Waals surface area (Å²) in [5, 5.41) is 3.39. The molecule has 0 saturated heterocycles. The first kappa shape index (κ1) is 14.2. The first-order valence-corrected chi connectivity index (χ1v) is 7.39. The van der Waals surface area contributed by atoms with Crippen LogP contribution in [0.2, 0.25) is 0 Å². The lowest BCUT2D eigenvalue weighted by molar-refractivity contribution is 0.510. The zero-order chi connectivity index (χ0) is 12.0. The van der Waals surface area contributed by atoms with E-state index in [-0.39, 0.29) is 0 Å². The standard InChI is InChI=1S/C13H19Br2N/c1-3-4-5-6-13(16-2)11-9-10(14)7-8-12(11)15/h7-9,13,16H,3-6H2,1-2H3. The number of nitrogens with one attached hydrogen (secondary N) is 1. The summed E-state index contributed by atoms with van der Waals surface area (Å²) < 4.78 is 2.33. The second-order valence-electron chi connectivity index (χ2n) is 4.00. The highest BCUT2D eigenvalue weighted by atomic mass is 79.9. The van der Waals surface area contributed by atoms with Gasteiger partial charge < -0.3 is 5.32 Å². The van der Waals surface area contributed by atoms with Crippen molar-refractivity contribution in [1.82, 2.24) is 5.32 Å². The lowest BCUT2D eigenvalue weighted by Crippen LogP contribution is -2.16. The summed E-state index contributed by atoms with van der Waals surface area (Å²) in [5.74, 6) is 0. The molecular weight excluding hydrogens is 330 g/mol. The van der Waals surface area contributed by atoms with E-state index in [4.69, 9.17) is 0 Å². The van der Waals surface area contributed by atoms with E-state index in [1.165, 1.54) is 35.7 Å². The molecule has 1 rings (SSSR count). The lowest BCUT2D eigenvalue weighted by Gasteiger charge is -2.18. The van der Waals surface area contributed by atoms with Crippen LogP contribution in [0.15, 0.2) is 27.1 Å². The van der Waals surface area contributed by atoms with Gasteiger partial charge in [0.15, 0.2) is 0 Å². The van der Waals surface area contributed by atoms with Crippen LogP contribution in [-0.2, 0) is 0 Å². The Morgan fingerprint density at radius 1 is 1.25 bits per heavy atom. The quantitative estimate of drug-likeness (QED) is 0.709. The molecule has 0 bridgehead atoms. The van der Waals surface area contributed by atoms with Gasteiger partial charge in [-0.3, -0.25) is 0 Å². The molecule has 1 N–H and O–H groups in total. The van der Waals surface area contributed by atoms with Crippen LogP contribution >= 0.6 is 31.9 Å². The van der Waals surface area contributed by atoms with Crippen LogP contribution in [0.5, 0.6) is 0 Å². The van der Waals surface area contributed by atoms with Crippen molar-refractivity contribution in [2.24, 2.45) is 0 Å². The van der Waals surface area contributed by atoms with E-state index < -0.39 is 0 Å². The fourth-order valence-electron chi connectivity index (χ4n) is 1.84. The summed E-state index contributed by atoms with van der Waals surface area (Å²) >= 11 is 7.15. The van der Waals surface area contributed by atoms with Crippen molar-refractivity contribution in [3.05, 3.63) is 32.7 Å². The topological polar surface area (TPSA) is 12.0 Å². The van der Waals surface area contributed by atoms with Gasteiger partial charge in [-0.2, -0.15) is 0 Å². The minimum atomic E-state index is 0.443. The van der Waals surface area contributed by atoms with Crippen LogP contribution in [0.4, 0.5) is 0 Å². The molecule has 1 nitrogen and oxygen atoms in total. The van der Waals surface area contributed by atoms with Gasteiger partial charge >= 0.3 is 0 Å². The Morgan fingerprint density at radius 2 is 2.00 bits per heavy atom. The molecule has 0 fully saturated rings. The average molecular weight is 349 g/mol. The van der Waals surface area contributed by atoms with E-state index in [0.717, 1.165) is 4.47 Å². The van der Waals surface area contributed by atoms with Crippen molar-refractivity contribution < 1.29 is 0 Å². The molecular formula is C13H19Br2N. The Kier molecular flexibility index (Phi) is 6.62. The smallest absolute Gasteiger partial charge is 0.0329 e. The highest BCUT2D eigenvalue weighted by Gasteiger charge is 2.12. The molecule has 0 saturated carbocycles. The van der Waals surface area contributed by atoms with Crippen molar-refractivity contribution in [3.8, 4) is 0 Å². The molecule has 0 spiro atoms. The number of halogens is 2. The summed E-state index contributed by atoms with van der Waals surface area (Å²) in [6.45, 7) is 2.24. The summed E-state index contributed by atoms with van der Waals surface area (Å²) in [6, 6.07) is 6.80.